The van der Waals surface area contributed by atoms with E-state index in [1.54, 1.807) is 0 Å². The molecule has 0 spiro atoms. The van der Waals surface area contributed by atoms with E-state index in [1.807, 2.05) is 13.8 Å². The predicted octanol–water partition coefficient (Wildman–Crippen LogP) is 0.733. The van der Waals surface area contributed by atoms with Crippen LogP contribution in [0.25, 0.3) is 0 Å². The summed E-state index contributed by atoms with van der Waals surface area (Å²) in [5.74, 6) is 0. The average Bonchev–Trinajstić information content (AvgIpc) is 3.30. The molecule has 0 amide bonds. The lowest BCUT2D eigenvalue weighted by molar-refractivity contribution is 0.292. The van der Waals surface area contributed by atoms with Crippen LogP contribution in [0.3, 0.4) is 0 Å². The second-order valence-corrected chi connectivity index (χ2v) is 10.8. The van der Waals surface area contributed by atoms with Gasteiger partial charge in [0, 0.05) is 19.6 Å². The lowest BCUT2D eigenvalue weighted by Crippen LogP contribution is -2.39. The molecule has 0 unspecified atom stereocenters. The summed E-state index contributed by atoms with van der Waals surface area (Å²) in [7, 11) is -6.02. The van der Waals surface area contributed by atoms with E-state index in [0.29, 0.717) is 6.54 Å². The summed E-state index contributed by atoms with van der Waals surface area (Å²) in [6.07, 6.45) is 1.63. The van der Waals surface area contributed by atoms with E-state index in [9.17, 15) is 16.8 Å². The molecule has 1 aliphatic rings. The Balaban J connectivity index is 2.29. The number of hydrogen-bond donors (Lipinski definition) is 2. The molecule has 0 bridgehead atoms. The Morgan fingerprint density at radius 1 is 1.21 bits per heavy atom. The molecular weight excluding hydrogens is 350 g/mol. The lowest BCUT2D eigenvalue weighted by atomic mass is 9.94. The third-order valence-electron chi connectivity index (χ3n) is 3.93. The number of sulfonamides is 2. The molecule has 3 N–H and O–H groups in total. The number of hydrogen-bond acceptors (Lipinski definition) is 5. The Morgan fingerprint density at radius 3 is 2.33 bits per heavy atom. The first kappa shape index (κ1) is 19.3. The maximum absolute atomic E-state index is 12.7. The highest BCUT2D eigenvalue weighted by molar-refractivity contribution is 7.90. The summed E-state index contributed by atoms with van der Waals surface area (Å²) in [5, 5.41) is 0. The molecule has 0 radical (unpaired) electrons. The van der Waals surface area contributed by atoms with Gasteiger partial charge in [0.1, 0.15) is 0 Å². The number of benzene rings is 1. The normalized spacial score (nSPS) is 16.5. The minimum Gasteiger partial charge on any atom is -0.330 e. The summed E-state index contributed by atoms with van der Waals surface area (Å²) in [6.45, 7) is 4.33. The summed E-state index contributed by atoms with van der Waals surface area (Å²) < 4.78 is 53.7. The molecular formula is C15H25N3O4S2. The van der Waals surface area contributed by atoms with Gasteiger partial charge in [0.15, 0.2) is 0 Å². The fourth-order valence-electron chi connectivity index (χ4n) is 2.22. The van der Waals surface area contributed by atoms with Gasteiger partial charge in [-0.1, -0.05) is 19.9 Å². The van der Waals surface area contributed by atoms with Crippen LogP contribution in [0, 0.1) is 5.41 Å². The van der Waals surface area contributed by atoms with Gasteiger partial charge in [0.25, 0.3) is 0 Å². The van der Waals surface area contributed by atoms with Crippen molar-refractivity contribution in [1.29, 1.82) is 0 Å². The Morgan fingerprint density at radius 2 is 1.79 bits per heavy atom. The highest BCUT2D eigenvalue weighted by Gasteiger charge is 2.30. The molecule has 136 valence electrons. The van der Waals surface area contributed by atoms with Crippen LogP contribution in [0.5, 0.6) is 0 Å². The predicted molar refractivity (Wildman–Crippen MR) is 92.4 cm³/mol. The molecule has 1 fully saturated rings. The molecule has 0 aromatic heterocycles. The van der Waals surface area contributed by atoms with Crippen molar-refractivity contribution in [1.82, 2.24) is 9.03 Å². The molecule has 9 heteroatoms. The molecule has 2 rings (SSSR count). The van der Waals surface area contributed by atoms with E-state index >= 15 is 0 Å². The maximum Gasteiger partial charge on any atom is 0.242 e. The zero-order chi connectivity index (χ0) is 18.2. The second kappa shape index (κ2) is 6.72. The first-order chi connectivity index (χ1) is 11.0. The standard InChI is InChI=1S/C15H25N3O4S2/c1-15(2,10-16)11-18(3)24(21,22)14-6-4-5-13(9-14)23(19,20)17-12-7-8-12/h4-6,9,12,17H,7-8,10-11,16H2,1-3H3. The van der Waals surface area contributed by atoms with Crippen molar-refractivity contribution < 1.29 is 16.8 Å². The van der Waals surface area contributed by atoms with Crippen LogP contribution >= 0.6 is 0 Å². The van der Waals surface area contributed by atoms with Crippen LogP contribution in [0.4, 0.5) is 0 Å². The molecule has 0 aliphatic heterocycles. The Kier molecular flexibility index (Phi) is 5.41. The summed E-state index contributed by atoms with van der Waals surface area (Å²) in [5.41, 5.74) is 5.28. The maximum atomic E-state index is 12.7. The molecule has 7 nitrogen and oxygen atoms in total. The average molecular weight is 376 g/mol. The molecule has 1 aliphatic carbocycles. The monoisotopic (exact) mass is 375 g/mol. The fourth-order valence-corrected chi connectivity index (χ4v) is 5.05. The van der Waals surface area contributed by atoms with E-state index < -0.39 is 20.0 Å². The zero-order valence-corrected chi connectivity index (χ0v) is 15.8. The van der Waals surface area contributed by atoms with Crippen LogP contribution in [0.2, 0.25) is 0 Å². The topological polar surface area (TPSA) is 110 Å². The van der Waals surface area contributed by atoms with Gasteiger partial charge in [-0.3, -0.25) is 0 Å². The van der Waals surface area contributed by atoms with Gasteiger partial charge in [-0.2, -0.15) is 0 Å². The number of nitrogens with two attached hydrogens (primary N) is 1. The van der Waals surface area contributed by atoms with Gasteiger partial charge in [0.05, 0.1) is 9.79 Å². The summed E-state index contributed by atoms with van der Waals surface area (Å²) in [4.78, 5) is -0.0848. The van der Waals surface area contributed by atoms with E-state index in [1.165, 1.54) is 35.6 Å². The Bertz CT molecular complexity index is 800. The van der Waals surface area contributed by atoms with Crippen molar-refractivity contribution in [3.63, 3.8) is 0 Å². The van der Waals surface area contributed by atoms with Crippen molar-refractivity contribution in [2.24, 2.45) is 11.1 Å². The van der Waals surface area contributed by atoms with Crippen molar-refractivity contribution in [2.75, 3.05) is 20.1 Å². The van der Waals surface area contributed by atoms with Crippen LogP contribution < -0.4 is 10.5 Å². The molecule has 1 aromatic carbocycles. The van der Waals surface area contributed by atoms with Crippen molar-refractivity contribution in [3.05, 3.63) is 24.3 Å². The van der Waals surface area contributed by atoms with Crippen molar-refractivity contribution >= 4 is 20.0 Å². The molecule has 1 saturated carbocycles. The minimum absolute atomic E-state index is 0.0386. The minimum atomic E-state index is -3.79. The smallest absolute Gasteiger partial charge is 0.242 e. The number of rotatable bonds is 8. The second-order valence-electron chi connectivity index (χ2n) is 7.00. The summed E-state index contributed by atoms with van der Waals surface area (Å²) in [6, 6.07) is 5.40. The van der Waals surface area contributed by atoms with Crippen LogP contribution in [-0.2, 0) is 20.0 Å². The van der Waals surface area contributed by atoms with E-state index in [-0.39, 0.29) is 27.8 Å². The van der Waals surface area contributed by atoms with E-state index in [0.717, 1.165) is 12.8 Å². The van der Waals surface area contributed by atoms with Crippen molar-refractivity contribution in [2.45, 2.75) is 42.5 Å². The van der Waals surface area contributed by atoms with Gasteiger partial charge in [0.2, 0.25) is 20.0 Å². The van der Waals surface area contributed by atoms with Crippen LogP contribution in [-0.4, -0.2) is 47.3 Å². The van der Waals surface area contributed by atoms with E-state index in [2.05, 4.69) is 4.72 Å². The van der Waals surface area contributed by atoms with Gasteiger partial charge in [-0.25, -0.2) is 25.9 Å². The SMILES string of the molecule is CN(CC(C)(C)CN)S(=O)(=O)c1cccc(S(=O)(=O)NC2CC2)c1. The Labute approximate surface area is 144 Å². The van der Waals surface area contributed by atoms with Gasteiger partial charge in [-0.15, -0.1) is 0 Å². The van der Waals surface area contributed by atoms with Crippen LogP contribution in [0.15, 0.2) is 34.1 Å². The molecule has 0 heterocycles. The molecule has 24 heavy (non-hydrogen) atoms. The fraction of sp³-hybridized carbons (Fsp3) is 0.600. The number of nitrogens with one attached hydrogen (secondary N) is 1. The molecule has 0 atom stereocenters. The largest absolute Gasteiger partial charge is 0.330 e. The van der Waals surface area contributed by atoms with Crippen molar-refractivity contribution in [3.8, 4) is 0 Å². The van der Waals surface area contributed by atoms with Gasteiger partial charge in [-0.05, 0) is 43.0 Å². The Hall–Kier alpha value is -1.00. The lowest BCUT2D eigenvalue weighted by Gasteiger charge is -2.28. The summed E-state index contributed by atoms with van der Waals surface area (Å²) >= 11 is 0. The molecule has 0 saturated heterocycles. The third-order valence-corrected chi connectivity index (χ3v) is 7.24. The quantitative estimate of drug-likeness (QED) is 0.696. The zero-order valence-electron chi connectivity index (χ0n) is 14.2. The van der Waals surface area contributed by atoms with Gasteiger partial charge < -0.3 is 5.73 Å². The third kappa shape index (κ3) is 4.54. The first-order valence-corrected chi connectivity index (χ1v) is 10.7. The first-order valence-electron chi connectivity index (χ1n) is 7.77. The van der Waals surface area contributed by atoms with Crippen LogP contribution in [0.1, 0.15) is 26.7 Å². The van der Waals surface area contributed by atoms with E-state index in [4.69, 9.17) is 5.73 Å². The molecule has 1 aromatic rings. The highest BCUT2D eigenvalue weighted by atomic mass is 32.2. The highest BCUT2D eigenvalue weighted by Crippen LogP contribution is 2.25. The van der Waals surface area contributed by atoms with Gasteiger partial charge >= 0.3 is 0 Å². The number of nitrogens with zero attached hydrogens (tertiary/aromatic N) is 1.